The average molecular weight is 1100 g/mol. The summed E-state index contributed by atoms with van der Waals surface area (Å²) in [6.07, 6.45) is 4.69. The standard InChI is InChI=1S/C20H38N2O8.C14H32N2O4.C8H18O3.C6H15NO2.C2H7N.C2H6/c1-20(2,3)12-18(25)13-30-19(14-28-10-8-26-6-4-21-16-23)15-29-11-9-27-7-5-22-17-24;1-2-20-14(12-18-8-5-3-4-6-15)13-19-11-10-17-9-7-16;1-4-11-8(2)7-10-6-5-9-3;1-7-3-4-9-6-5-8-2;1-2-3;1-2/h16-17,19H,4-15H2,1-3H3,(H,21,23)(H,22,24);14H,2-13,15-16H2,1H3;8H,4-7H2,1-3H3;7H,3-6H2,1-2H3;2-3H2,1H3;1-2H3. The van der Waals surface area contributed by atoms with E-state index in [0.29, 0.717) is 151 Å². The number of amides is 2. The predicted octanol–water partition coefficient (Wildman–Crippen LogP) is 2.40. The number of Topliss-reactive ketones (excluding diaryl/α,β-unsaturated/α-hetero) is 1. The van der Waals surface area contributed by atoms with E-state index in [1.165, 1.54) is 0 Å². The van der Waals surface area contributed by atoms with Crippen LogP contribution in [0.3, 0.4) is 0 Å². The van der Waals surface area contributed by atoms with Gasteiger partial charge in [-0.05, 0) is 65.6 Å². The molecule has 456 valence electrons. The fourth-order valence-electron chi connectivity index (χ4n) is 5.03. The summed E-state index contributed by atoms with van der Waals surface area (Å²) in [7, 11) is 5.23. The molecule has 0 aromatic heterocycles. The van der Waals surface area contributed by atoms with Gasteiger partial charge in [0.05, 0.1) is 132 Å². The molecule has 2 unspecified atom stereocenters. The van der Waals surface area contributed by atoms with Gasteiger partial charge in [0.2, 0.25) is 12.8 Å². The van der Waals surface area contributed by atoms with Crippen LogP contribution in [-0.4, -0.2) is 249 Å². The van der Waals surface area contributed by atoms with Gasteiger partial charge in [-0.25, -0.2) is 0 Å². The zero-order valence-electron chi connectivity index (χ0n) is 49.4. The molecule has 0 saturated carbocycles. The van der Waals surface area contributed by atoms with E-state index >= 15 is 0 Å². The van der Waals surface area contributed by atoms with Crippen LogP contribution in [0.25, 0.3) is 0 Å². The van der Waals surface area contributed by atoms with Crippen LogP contribution in [0.5, 0.6) is 0 Å². The van der Waals surface area contributed by atoms with E-state index in [4.69, 9.17) is 83.5 Å². The number of nitrogens with one attached hydrogen (secondary N) is 3. The maximum Gasteiger partial charge on any atom is 0.207 e. The molecular weight excluding hydrogens is 981 g/mol. The number of carbonyl (C=O) groups is 3. The van der Waals surface area contributed by atoms with E-state index in [1.54, 1.807) is 14.2 Å². The molecule has 75 heavy (non-hydrogen) atoms. The van der Waals surface area contributed by atoms with Crippen molar-refractivity contribution in [3.8, 4) is 0 Å². The molecule has 2 amide bonds. The molecule has 0 aliphatic heterocycles. The number of rotatable bonds is 51. The molecule has 23 nitrogen and oxygen atoms in total. The normalized spacial score (nSPS) is 11.5. The Bertz CT molecular complexity index is 987. The maximum atomic E-state index is 12.1. The largest absolute Gasteiger partial charge is 0.382 e. The van der Waals surface area contributed by atoms with Gasteiger partial charge >= 0.3 is 0 Å². The van der Waals surface area contributed by atoms with Crippen molar-refractivity contribution in [2.24, 2.45) is 22.6 Å². The van der Waals surface area contributed by atoms with Gasteiger partial charge in [0.15, 0.2) is 5.78 Å². The van der Waals surface area contributed by atoms with Crippen LogP contribution in [0.1, 0.15) is 88.0 Å². The van der Waals surface area contributed by atoms with E-state index in [-0.39, 0.29) is 49.3 Å². The van der Waals surface area contributed by atoms with Gasteiger partial charge in [0, 0.05) is 66.6 Å². The first-order chi connectivity index (χ1) is 36.4. The minimum atomic E-state index is -0.387. The first-order valence-electron chi connectivity index (χ1n) is 27.0. The molecule has 0 rings (SSSR count). The highest BCUT2D eigenvalue weighted by molar-refractivity contribution is 5.80. The summed E-state index contributed by atoms with van der Waals surface area (Å²) in [6.45, 7) is 33.6. The minimum Gasteiger partial charge on any atom is -0.382 e. The summed E-state index contributed by atoms with van der Waals surface area (Å²) in [5.41, 5.74) is 15.5. The van der Waals surface area contributed by atoms with Crippen LogP contribution in [0.2, 0.25) is 0 Å². The van der Waals surface area contributed by atoms with Crippen molar-refractivity contribution in [2.75, 3.05) is 212 Å². The average Bonchev–Trinajstić information content (AvgIpc) is 3.39. The Balaban J connectivity index is -0.000000226. The molecular formula is C52H116N6O17. The Hall–Kier alpha value is -2.11. The van der Waals surface area contributed by atoms with Crippen molar-refractivity contribution in [3.05, 3.63) is 0 Å². The Labute approximate surface area is 455 Å². The van der Waals surface area contributed by atoms with E-state index in [0.717, 1.165) is 58.7 Å². The molecule has 0 saturated heterocycles. The van der Waals surface area contributed by atoms with Crippen LogP contribution >= 0.6 is 0 Å². The highest BCUT2D eigenvalue weighted by Gasteiger charge is 2.18. The Morgan fingerprint density at radius 1 is 0.507 bits per heavy atom. The lowest BCUT2D eigenvalue weighted by molar-refractivity contribution is -0.131. The molecule has 0 radical (unpaired) electrons. The zero-order chi connectivity index (χ0) is 57.6. The Morgan fingerprint density at radius 3 is 1.32 bits per heavy atom. The highest BCUT2D eigenvalue weighted by atomic mass is 16.6. The second-order valence-electron chi connectivity index (χ2n) is 16.7. The van der Waals surface area contributed by atoms with Crippen LogP contribution in [0.15, 0.2) is 0 Å². The number of hydrogen-bond acceptors (Lipinski definition) is 21. The second-order valence-corrected chi connectivity index (χ2v) is 16.7. The van der Waals surface area contributed by atoms with Crippen LogP contribution < -0.4 is 33.2 Å². The second kappa shape index (κ2) is 78.4. The number of unbranched alkanes of at least 4 members (excludes halogenated alkanes) is 2. The summed E-state index contributed by atoms with van der Waals surface area (Å²) in [4.78, 5) is 32.3. The lowest BCUT2D eigenvalue weighted by atomic mass is 9.90. The third-order valence-electron chi connectivity index (χ3n) is 8.31. The van der Waals surface area contributed by atoms with Gasteiger partial charge in [-0.1, -0.05) is 41.5 Å². The van der Waals surface area contributed by atoms with Crippen molar-refractivity contribution in [2.45, 2.75) is 106 Å². The highest BCUT2D eigenvalue weighted by Crippen LogP contribution is 2.18. The quantitative estimate of drug-likeness (QED) is 0.0377. The fraction of sp³-hybridized carbons (Fsp3) is 0.942. The van der Waals surface area contributed by atoms with Gasteiger partial charge in [0.1, 0.15) is 18.8 Å². The monoisotopic (exact) mass is 1100 g/mol. The molecule has 0 aliphatic rings. The number of methoxy groups -OCH3 is 2. The molecule has 0 heterocycles. The lowest BCUT2D eigenvalue weighted by Gasteiger charge is -2.20. The molecule has 23 heteroatoms. The minimum absolute atomic E-state index is 0.0102. The van der Waals surface area contributed by atoms with Gasteiger partial charge in [-0.15, -0.1) is 0 Å². The van der Waals surface area contributed by atoms with Gasteiger partial charge in [0.25, 0.3) is 0 Å². The van der Waals surface area contributed by atoms with Crippen LogP contribution in [0.4, 0.5) is 0 Å². The molecule has 0 aromatic carbocycles. The number of carbonyl (C=O) groups excluding carboxylic acids is 3. The van der Waals surface area contributed by atoms with Crippen molar-refractivity contribution < 1.29 is 80.7 Å². The predicted molar refractivity (Wildman–Crippen MR) is 297 cm³/mol. The van der Waals surface area contributed by atoms with E-state index in [2.05, 4.69) is 16.0 Å². The summed E-state index contributed by atoms with van der Waals surface area (Å²) < 4.78 is 74.5. The van der Waals surface area contributed by atoms with Gasteiger partial charge < -0.3 is 99.5 Å². The number of ketones is 1. The Morgan fingerprint density at radius 2 is 0.907 bits per heavy atom. The van der Waals surface area contributed by atoms with E-state index < -0.39 is 0 Å². The van der Waals surface area contributed by atoms with Crippen molar-refractivity contribution in [1.82, 2.24) is 16.0 Å². The maximum absolute atomic E-state index is 12.1. The van der Waals surface area contributed by atoms with Gasteiger partial charge in [-0.3, -0.25) is 14.4 Å². The molecule has 0 bridgehead atoms. The topological polar surface area (TPSA) is 295 Å². The first-order valence-corrected chi connectivity index (χ1v) is 27.0. The summed E-state index contributed by atoms with van der Waals surface area (Å²) in [6, 6.07) is 0. The van der Waals surface area contributed by atoms with Crippen molar-refractivity contribution >= 4 is 18.6 Å². The van der Waals surface area contributed by atoms with E-state index in [9.17, 15) is 14.4 Å². The molecule has 0 aromatic rings. The number of ether oxygens (including phenoxy) is 14. The molecule has 0 spiro atoms. The molecule has 2 atom stereocenters. The van der Waals surface area contributed by atoms with Crippen molar-refractivity contribution in [3.63, 3.8) is 0 Å². The first kappa shape index (κ1) is 84.2. The Kier molecular flexibility index (Phi) is 88.0. The zero-order valence-corrected chi connectivity index (χ0v) is 49.4. The third kappa shape index (κ3) is 91.7. The molecule has 0 aliphatic carbocycles. The molecule has 0 fully saturated rings. The summed E-state index contributed by atoms with van der Waals surface area (Å²) in [5, 5.41) is 7.99. The summed E-state index contributed by atoms with van der Waals surface area (Å²) >= 11 is 0. The lowest BCUT2D eigenvalue weighted by Crippen LogP contribution is -2.30. The van der Waals surface area contributed by atoms with Gasteiger partial charge in [-0.2, -0.15) is 0 Å². The number of nitrogens with two attached hydrogens (primary N) is 3. The van der Waals surface area contributed by atoms with Crippen molar-refractivity contribution in [1.29, 1.82) is 0 Å². The smallest absolute Gasteiger partial charge is 0.207 e. The molecule has 9 N–H and O–H groups in total. The number of hydrogen-bond donors (Lipinski definition) is 6. The fourth-order valence-corrected chi connectivity index (χ4v) is 5.03. The van der Waals surface area contributed by atoms with Crippen LogP contribution in [-0.2, 0) is 80.7 Å². The van der Waals surface area contributed by atoms with Crippen LogP contribution in [0, 0.1) is 5.41 Å². The summed E-state index contributed by atoms with van der Waals surface area (Å²) in [5.74, 6) is 0.0320. The number of likely N-dealkylation sites (N-methyl/N-ethyl adjacent to an activating group) is 1. The SMILES string of the molecule is CC.CC(C)(C)CC(=O)COC(COCCOCCNC=O)COCCOCCNC=O.CCN.CCOC(C)COCCOC.CCOC(COCCCCCN)COCCOCCN.CNCCOCCOC. The van der Waals surface area contributed by atoms with E-state index in [1.807, 2.05) is 69.4 Å². The third-order valence-corrected chi connectivity index (χ3v) is 8.31.